The quantitative estimate of drug-likeness (QED) is 0.511. The van der Waals surface area contributed by atoms with Crippen LogP contribution < -0.4 is 10.2 Å². The molecule has 3 aromatic rings. The van der Waals surface area contributed by atoms with Crippen LogP contribution >= 0.6 is 0 Å². The lowest BCUT2D eigenvalue weighted by molar-refractivity contribution is -0.141. The molecule has 0 bridgehead atoms. The lowest BCUT2D eigenvalue weighted by Crippen LogP contribution is -2.39. The number of fused-ring (bicyclic) bond motifs is 1. The Morgan fingerprint density at radius 3 is 2.88 bits per heavy atom. The number of nitrogens with zero attached hydrogens (tertiary/aromatic N) is 6. The minimum Gasteiger partial charge on any atom is -0.481 e. The maximum Gasteiger partial charge on any atom is 0.308 e. The Morgan fingerprint density at radius 1 is 1.31 bits per heavy atom. The number of aromatic nitrogens is 5. The fourth-order valence-corrected chi connectivity index (χ4v) is 3.93. The van der Waals surface area contributed by atoms with E-state index >= 15 is 0 Å². The van der Waals surface area contributed by atoms with Crippen molar-refractivity contribution in [2.75, 3.05) is 36.5 Å². The van der Waals surface area contributed by atoms with Gasteiger partial charge in [0.2, 0.25) is 5.95 Å². The lowest BCUT2D eigenvalue weighted by Gasteiger charge is -2.31. The summed E-state index contributed by atoms with van der Waals surface area (Å²) in [4.78, 5) is 27.6. The van der Waals surface area contributed by atoms with E-state index in [1.165, 1.54) is 0 Å². The molecule has 0 radical (unpaired) electrons. The number of hydrogen-bond acceptors (Lipinski definition) is 8. The van der Waals surface area contributed by atoms with Crippen LogP contribution in [0.3, 0.4) is 0 Å². The zero-order valence-corrected chi connectivity index (χ0v) is 18.7. The number of hydrogen-bond donors (Lipinski definition) is 2. The van der Waals surface area contributed by atoms with Gasteiger partial charge >= 0.3 is 5.97 Å². The summed E-state index contributed by atoms with van der Waals surface area (Å²) in [7, 11) is 0. The summed E-state index contributed by atoms with van der Waals surface area (Å²) in [6.07, 6.45) is 3.25. The molecule has 1 aliphatic rings. The first-order valence-electron chi connectivity index (χ1n) is 11.0. The van der Waals surface area contributed by atoms with E-state index in [4.69, 9.17) is 14.7 Å². The normalized spacial score (nSPS) is 16.5. The van der Waals surface area contributed by atoms with Crippen molar-refractivity contribution in [2.45, 2.75) is 40.2 Å². The number of anilines is 3. The number of ether oxygens (including phenoxy) is 1. The van der Waals surface area contributed by atoms with Gasteiger partial charge < -0.3 is 20.1 Å². The van der Waals surface area contributed by atoms with E-state index in [0.717, 1.165) is 35.3 Å². The van der Waals surface area contributed by atoms with Gasteiger partial charge in [0, 0.05) is 25.9 Å². The van der Waals surface area contributed by atoms with Gasteiger partial charge in [0.1, 0.15) is 16.9 Å². The van der Waals surface area contributed by atoms with Crippen molar-refractivity contribution in [1.29, 1.82) is 0 Å². The highest BCUT2D eigenvalue weighted by atomic mass is 16.5. The molecule has 32 heavy (non-hydrogen) atoms. The molecule has 1 saturated heterocycles. The number of rotatable bonds is 8. The summed E-state index contributed by atoms with van der Waals surface area (Å²) in [5.74, 6) is 0.561. The third-order valence-electron chi connectivity index (χ3n) is 5.61. The average molecular weight is 440 g/mol. The smallest absolute Gasteiger partial charge is 0.308 e. The second kappa shape index (κ2) is 9.47. The molecule has 2 N–H and O–H groups in total. The highest BCUT2D eigenvalue weighted by Crippen LogP contribution is 2.30. The Kier molecular flexibility index (Phi) is 6.50. The average Bonchev–Trinajstić information content (AvgIpc) is 3.11. The fourth-order valence-electron chi connectivity index (χ4n) is 3.93. The Balaban J connectivity index is 1.76. The largest absolute Gasteiger partial charge is 0.481 e. The molecule has 1 fully saturated rings. The van der Waals surface area contributed by atoms with E-state index in [1.807, 2.05) is 42.5 Å². The van der Waals surface area contributed by atoms with Crippen LogP contribution in [0.4, 0.5) is 17.6 Å². The van der Waals surface area contributed by atoms with Crippen molar-refractivity contribution >= 4 is 34.6 Å². The molecule has 0 aliphatic carbocycles. The molecule has 0 unspecified atom stereocenters. The molecule has 0 amide bonds. The van der Waals surface area contributed by atoms with Gasteiger partial charge in [-0.3, -0.25) is 9.48 Å². The second-order valence-electron chi connectivity index (χ2n) is 8.04. The van der Waals surface area contributed by atoms with E-state index < -0.39 is 11.9 Å². The predicted molar refractivity (Wildman–Crippen MR) is 121 cm³/mol. The van der Waals surface area contributed by atoms with Crippen LogP contribution in [0.15, 0.2) is 18.3 Å². The summed E-state index contributed by atoms with van der Waals surface area (Å²) < 4.78 is 7.38. The van der Waals surface area contributed by atoms with Crippen LogP contribution in [0.5, 0.6) is 0 Å². The van der Waals surface area contributed by atoms with Gasteiger partial charge in [-0.1, -0.05) is 6.07 Å². The molecule has 4 heterocycles. The molecule has 0 aromatic carbocycles. The third kappa shape index (κ3) is 4.64. The second-order valence-corrected chi connectivity index (χ2v) is 8.04. The maximum atomic E-state index is 11.5. The summed E-state index contributed by atoms with van der Waals surface area (Å²) in [5.41, 5.74) is 3.36. The summed E-state index contributed by atoms with van der Waals surface area (Å²) in [6, 6.07) is 3.88. The van der Waals surface area contributed by atoms with Crippen molar-refractivity contribution in [3.8, 4) is 0 Å². The fraction of sp³-hybridized carbons (Fsp3) is 0.500. The van der Waals surface area contributed by atoms with Crippen molar-refractivity contribution in [2.24, 2.45) is 5.92 Å². The Bertz CT molecular complexity index is 1100. The van der Waals surface area contributed by atoms with Gasteiger partial charge in [0.25, 0.3) is 0 Å². The number of carbonyl (C=O) groups is 1. The van der Waals surface area contributed by atoms with E-state index in [2.05, 4.69) is 15.4 Å². The lowest BCUT2D eigenvalue weighted by atomic mass is 9.99. The Hall–Kier alpha value is -3.27. The van der Waals surface area contributed by atoms with Crippen LogP contribution in [0.25, 0.3) is 11.0 Å². The molecule has 10 heteroatoms. The highest BCUT2D eigenvalue weighted by Gasteiger charge is 2.28. The number of carboxylic acid groups (broad SMARTS) is 1. The zero-order chi connectivity index (χ0) is 22.7. The number of pyridine rings is 1. The zero-order valence-electron chi connectivity index (χ0n) is 18.7. The molecule has 4 rings (SSSR count). The van der Waals surface area contributed by atoms with E-state index in [1.54, 1.807) is 6.20 Å². The first kappa shape index (κ1) is 21.9. The van der Waals surface area contributed by atoms with E-state index in [9.17, 15) is 9.90 Å². The van der Waals surface area contributed by atoms with Crippen molar-refractivity contribution in [3.63, 3.8) is 0 Å². The van der Waals surface area contributed by atoms with Gasteiger partial charge in [-0.2, -0.15) is 10.1 Å². The third-order valence-corrected chi connectivity index (χ3v) is 5.61. The molecule has 0 spiro atoms. The minimum atomic E-state index is -0.780. The monoisotopic (exact) mass is 439 g/mol. The van der Waals surface area contributed by atoms with Gasteiger partial charge in [0.15, 0.2) is 5.82 Å². The molecular formula is C22H29N7O3. The summed E-state index contributed by atoms with van der Waals surface area (Å²) in [5, 5.41) is 17.5. The van der Waals surface area contributed by atoms with Crippen LogP contribution in [-0.4, -0.2) is 62.1 Å². The molecule has 170 valence electrons. The number of carboxylic acids is 1. The van der Waals surface area contributed by atoms with Crippen molar-refractivity contribution in [3.05, 3.63) is 29.6 Å². The topological polar surface area (TPSA) is 118 Å². The maximum absolute atomic E-state index is 11.5. The van der Waals surface area contributed by atoms with Gasteiger partial charge in [0.05, 0.1) is 24.8 Å². The minimum absolute atomic E-state index is 0.389. The first-order chi connectivity index (χ1) is 15.5. The molecule has 1 aliphatic heterocycles. The Morgan fingerprint density at radius 2 is 2.16 bits per heavy atom. The molecule has 3 aromatic heterocycles. The SMILES string of the molecule is CCOCCn1nc(C)c2nc(N3CCC[C@H](C(=O)O)C3)nc(Nc3ccc(C)cn3)c21. The van der Waals surface area contributed by atoms with E-state index in [0.29, 0.717) is 50.3 Å². The molecule has 10 nitrogen and oxygen atoms in total. The van der Waals surface area contributed by atoms with Gasteiger partial charge in [-0.25, -0.2) is 9.97 Å². The number of nitrogens with one attached hydrogen (secondary N) is 1. The van der Waals surface area contributed by atoms with Crippen LogP contribution in [0.2, 0.25) is 0 Å². The van der Waals surface area contributed by atoms with Crippen LogP contribution in [0, 0.1) is 19.8 Å². The molecule has 1 atom stereocenters. The van der Waals surface area contributed by atoms with Crippen molar-refractivity contribution < 1.29 is 14.6 Å². The Labute approximate surface area is 186 Å². The van der Waals surface area contributed by atoms with Crippen LogP contribution in [-0.2, 0) is 16.1 Å². The summed E-state index contributed by atoms with van der Waals surface area (Å²) >= 11 is 0. The first-order valence-corrected chi connectivity index (χ1v) is 11.0. The molecule has 0 saturated carbocycles. The molecular weight excluding hydrogens is 410 g/mol. The standard InChI is InChI=1S/C22H29N7O3/c1-4-32-11-10-29-19-18(15(3)27-29)25-22(28-9-5-6-16(13-28)21(30)31)26-20(19)24-17-8-7-14(2)12-23-17/h7-8,12,16H,4-6,9-11,13H2,1-3H3,(H,30,31)(H,23,24,25,26)/t16-/m0/s1. The predicted octanol–water partition coefficient (Wildman–Crippen LogP) is 2.92. The van der Waals surface area contributed by atoms with E-state index in [-0.39, 0.29) is 0 Å². The van der Waals surface area contributed by atoms with Crippen molar-refractivity contribution in [1.82, 2.24) is 24.7 Å². The van der Waals surface area contributed by atoms with Crippen LogP contribution in [0.1, 0.15) is 31.0 Å². The number of aliphatic carboxylic acids is 1. The van der Waals surface area contributed by atoms with Gasteiger partial charge in [-0.15, -0.1) is 0 Å². The number of aryl methyl sites for hydroxylation is 2. The highest BCUT2D eigenvalue weighted by molar-refractivity contribution is 5.90. The van der Waals surface area contributed by atoms with Gasteiger partial charge in [-0.05, 0) is 45.2 Å². The number of piperidine rings is 1. The summed E-state index contributed by atoms with van der Waals surface area (Å²) in [6.45, 7) is 8.71.